The van der Waals surface area contributed by atoms with Crippen LogP contribution in [0.1, 0.15) is 51.0 Å². The van der Waals surface area contributed by atoms with Crippen molar-refractivity contribution in [2.24, 2.45) is 0 Å². The van der Waals surface area contributed by atoms with Gasteiger partial charge in [0, 0.05) is 24.5 Å². The second kappa shape index (κ2) is 16.2. The average Bonchev–Trinajstić information content (AvgIpc) is 3.41. The molecule has 202 valence electrons. The fourth-order valence-corrected chi connectivity index (χ4v) is 5.19. The Morgan fingerprint density at radius 3 is 2.43 bits per heavy atom. The second-order valence-corrected chi connectivity index (χ2v) is 10.3. The first-order chi connectivity index (χ1) is 18.0. The summed E-state index contributed by atoms with van der Waals surface area (Å²) in [7, 11) is 0. The van der Waals surface area contributed by atoms with Crippen LogP contribution in [0.2, 0.25) is 0 Å². The van der Waals surface area contributed by atoms with Crippen LogP contribution in [0.25, 0.3) is 0 Å². The van der Waals surface area contributed by atoms with Crippen molar-refractivity contribution in [1.29, 1.82) is 0 Å². The van der Waals surface area contributed by atoms with E-state index in [1.165, 1.54) is 4.90 Å². The van der Waals surface area contributed by atoms with E-state index in [0.717, 1.165) is 49.8 Å². The number of unbranched alkanes of at least 4 members (excludes halogenated alkanes) is 1. The van der Waals surface area contributed by atoms with Gasteiger partial charge in [0.25, 0.3) is 0 Å². The van der Waals surface area contributed by atoms with Crippen molar-refractivity contribution < 1.29 is 28.9 Å². The number of carboxylic acid groups (broad SMARTS) is 1. The second-order valence-electron chi connectivity index (χ2n) is 9.12. The van der Waals surface area contributed by atoms with Crippen molar-refractivity contribution in [2.45, 2.75) is 69.0 Å². The van der Waals surface area contributed by atoms with Crippen LogP contribution in [0.15, 0.2) is 59.5 Å². The molecule has 8 heteroatoms. The van der Waals surface area contributed by atoms with Crippen LogP contribution in [0, 0.1) is 0 Å². The Labute approximate surface area is 224 Å². The monoisotopic (exact) mass is 529 g/mol. The third kappa shape index (κ3) is 10.7. The first-order valence-corrected chi connectivity index (χ1v) is 14.2. The summed E-state index contributed by atoms with van der Waals surface area (Å²) < 4.78 is 16.9. The number of carbonyl (C=O) groups is 2. The van der Waals surface area contributed by atoms with Crippen LogP contribution in [-0.4, -0.2) is 66.3 Å². The van der Waals surface area contributed by atoms with Gasteiger partial charge in [-0.25, -0.2) is 9.59 Å². The van der Waals surface area contributed by atoms with Crippen LogP contribution >= 0.6 is 11.8 Å². The predicted octanol–water partition coefficient (Wildman–Crippen LogP) is 6.05. The minimum absolute atomic E-state index is 0.0309. The Hall–Kier alpha value is -2.71. The lowest BCUT2D eigenvalue weighted by atomic mass is 10.1. The molecule has 1 atom stereocenters. The van der Waals surface area contributed by atoms with E-state index in [4.69, 9.17) is 14.2 Å². The maximum Gasteiger partial charge on any atom is 0.410 e. The van der Waals surface area contributed by atoms with Crippen molar-refractivity contribution in [3.05, 3.63) is 60.2 Å². The largest absolute Gasteiger partial charge is 0.492 e. The molecule has 2 aromatic carbocycles. The van der Waals surface area contributed by atoms with Crippen molar-refractivity contribution in [3.8, 4) is 5.75 Å². The molecule has 37 heavy (non-hydrogen) atoms. The zero-order valence-corrected chi connectivity index (χ0v) is 22.5. The van der Waals surface area contributed by atoms with Gasteiger partial charge >= 0.3 is 12.1 Å². The number of benzene rings is 2. The van der Waals surface area contributed by atoms with Crippen LogP contribution in [-0.2, 0) is 20.7 Å². The normalized spacial score (nSPS) is 14.3. The molecule has 0 aliphatic heterocycles. The molecule has 1 unspecified atom stereocenters. The highest BCUT2D eigenvalue weighted by molar-refractivity contribution is 7.99. The van der Waals surface area contributed by atoms with Gasteiger partial charge in [0.1, 0.15) is 18.5 Å². The molecule has 3 rings (SSSR count). The lowest BCUT2D eigenvalue weighted by Gasteiger charge is -2.24. The molecule has 0 bridgehead atoms. The van der Waals surface area contributed by atoms with Gasteiger partial charge < -0.3 is 24.2 Å². The van der Waals surface area contributed by atoms with Gasteiger partial charge in [-0.1, -0.05) is 30.3 Å². The summed E-state index contributed by atoms with van der Waals surface area (Å²) in [5, 5.41) is 9.27. The minimum atomic E-state index is -0.967. The van der Waals surface area contributed by atoms with Gasteiger partial charge in [0.05, 0.1) is 6.54 Å². The Morgan fingerprint density at radius 2 is 1.76 bits per heavy atom. The van der Waals surface area contributed by atoms with Crippen LogP contribution < -0.4 is 4.74 Å². The molecule has 1 N–H and O–H groups in total. The molecule has 1 aliphatic rings. The molecule has 7 nitrogen and oxygen atoms in total. The fourth-order valence-electron chi connectivity index (χ4n) is 4.26. The number of hydrogen-bond acceptors (Lipinski definition) is 6. The van der Waals surface area contributed by atoms with Gasteiger partial charge in [-0.3, -0.25) is 0 Å². The van der Waals surface area contributed by atoms with E-state index in [0.29, 0.717) is 38.5 Å². The molecule has 1 amide bonds. The highest BCUT2D eigenvalue weighted by Crippen LogP contribution is 2.22. The first kappa shape index (κ1) is 28.9. The van der Waals surface area contributed by atoms with E-state index in [2.05, 4.69) is 12.1 Å². The minimum Gasteiger partial charge on any atom is -0.492 e. The quantitative estimate of drug-likeness (QED) is 0.209. The van der Waals surface area contributed by atoms with Gasteiger partial charge in [0.2, 0.25) is 0 Å². The fraction of sp³-hybridized carbons (Fsp3) is 0.517. The Morgan fingerprint density at radius 1 is 1.03 bits per heavy atom. The number of ether oxygens (including phenoxy) is 3. The molecular formula is C29H39NO6S. The van der Waals surface area contributed by atoms with Crippen LogP contribution in [0.5, 0.6) is 5.75 Å². The maximum atomic E-state index is 12.9. The number of nitrogens with zero attached hydrogens (tertiary/aromatic N) is 1. The van der Waals surface area contributed by atoms with E-state index in [-0.39, 0.29) is 12.2 Å². The van der Waals surface area contributed by atoms with Crippen molar-refractivity contribution >= 4 is 23.8 Å². The molecule has 0 heterocycles. The van der Waals surface area contributed by atoms with E-state index in [1.54, 1.807) is 11.8 Å². The molecule has 1 aliphatic carbocycles. The average molecular weight is 530 g/mol. The maximum absolute atomic E-state index is 12.9. The molecule has 0 radical (unpaired) electrons. The highest BCUT2D eigenvalue weighted by Gasteiger charge is 2.23. The highest BCUT2D eigenvalue weighted by atomic mass is 32.2. The topological polar surface area (TPSA) is 85.3 Å². The van der Waals surface area contributed by atoms with Crippen molar-refractivity contribution in [3.63, 3.8) is 0 Å². The third-order valence-electron chi connectivity index (χ3n) is 6.28. The summed E-state index contributed by atoms with van der Waals surface area (Å²) in [6.45, 7) is 3.57. The summed E-state index contributed by atoms with van der Waals surface area (Å²) in [4.78, 5) is 27.2. The summed E-state index contributed by atoms with van der Waals surface area (Å²) in [5.41, 5.74) is 0.864. The Bertz CT molecular complexity index is 933. The van der Waals surface area contributed by atoms with Gasteiger partial charge in [-0.15, -0.1) is 11.8 Å². The summed E-state index contributed by atoms with van der Waals surface area (Å²) in [6.07, 6.45) is 5.25. The lowest BCUT2D eigenvalue weighted by molar-refractivity contribution is -0.149. The van der Waals surface area contributed by atoms with E-state index in [1.807, 2.05) is 54.2 Å². The number of thioether (sulfide) groups is 1. The predicted molar refractivity (Wildman–Crippen MR) is 145 cm³/mol. The molecule has 0 saturated heterocycles. The third-order valence-corrected chi connectivity index (χ3v) is 7.38. The molecule has 1 fully saturated rings. The zero-order valence-electron chi connectivity index (χ0n) is 21.7. The first-order valence-electron chi connectivity index (χ1n) is 13.2. The smallest absolute Gasteiger partial charge is 0.410 e. The Balaban J connectivity index is 1.45. The lowest BCUT2D eigenvalue weighted by Crippen LogP contribution is -2.37. The Kier molecular flexibility index (Phi) is 12.6. The van der Waals surface area contributed by atoms with Crippen molar-refractivity contribution in [1.82, 2.24) is 4.90 Å². The molecule has 0 aromatic heterocycles. The van der Waals surface area contributed by atoms with Crippen LogP contribution in [0.4, 0.5) is 4.79 Å². The van der Waals surface area contributed by atoms with E-state index >= 15 is 0 Å². The number of aliphatic carboxylic acids is 1. The molecule has 1 saturated carbocycles. The van der Waals surface area contributed by atoms with Gasteiger partial charge in [-0.2, -0.15) is 0 Å². The zero-order chi connectivity index (χ0) is 26.3. The SMILES string of the molecule is CCOC(Cc1ccc(OCCN(CCCCSc2ccccc2)C(=O)OC2CCCC2)cc1)C(=O)O. The molecule has 2 aromatic rings. The van der Waals surface area contributed by atoms with Crippen LogP contribution in [0.3, 0.4) is 0 Å². The molecular weight excluding hydrogens is 490 g/mol. The standard InChI is InChI=1S/C29H39NO6S/c1-2-34-27(28(31)32)22-23-14-16-24(17-15-23)35-20-19-30(29(33)36-25-10-6-7-11-25)18-8-9-21-37-26-12-4-3-5-13-26/h3-5,12-17,25,27H,2,6-11,18-22H2,1H3,(H,31,32). The number of carbonyl (C=O) groups excluding carboxylic acids is 1. The summed E-state index contributed by atoms with van der Waals surface area (Å²) in [6, 6.07) is 17.7. The van der Waals surface area contributed by atoms with E-state index < -0.39 is 12.1 Å². The number of carboxylic acids is 1. The number of rotatable bonds is 16. The summed E-state index contributed by atoms with van der Waals surface area (Å²) in [5.74, 6) is 0.713. The van der Waals surface area contributed by atoms with Crippen molar-refractivity contribution in [2.75, 3.05) is 32.1 Å². The number of amides is 1. The summed E-state index contributed by atoms with van der Waals surface area (Å²) >= 11 is 1.83. The number of hydrogen-bond donors (Lipinski definition) is 1. The molecule has 0 spiro atoms. The van der Waals surface area contributed by atoms with Gasteiger partial charge in [-0.05, 0) is 81.0 Å². The van der Waals surface area contributed by atoms with Gasteiger partial charge in [0.15, 0.2) is 6.10 Å². The van der Waals surface area contributed by atoms with E-state index in [9.17, 15) is 14.7 Å².